The van der Waals surface area contributed by atoms with Crippen molar-refractivity contribution >= 4 is 39.0 Å². The summed E-state index contributed by atoms with van der Waals surface area (Å²) in [6.45, 7) is 0.521. The molecule has 1 N–H and O–H groups in total. The highest BCUT2D eigenvalue weighted by Gasteiger charge is 2.08. The summed E-state index contributed by atoms with van der Waals surface area (Å²) in [5, 5.41) is 3.48. The van der Waals surface area contributed by atoms with Crippen LogP contribution < -0.4 is 5.32 Å². The Balaban J connectivity index is 1.63. The van der Waals surface area contributed by atoms with Crippen LogP contribution in [0.5, 0.6) is 0 Å². The van der Waals surface area contributed by atoms with Crippen LogP contribution in [0.25, 0.3) is 5.52 Å². The molecule has 0 radical (unpaired) electrons. The third kappa shape index (κ3) is 3.15. The number of carbonyl (C=O) groups excluding carboxylic acids is 1. The second-order valence-corrected chi connectivity index (χ2v) is 6.07. The molecule has 0 aliphatic heterocycles. The van der Waals surface area contributed by atoms with Gasteiger partial charge >= 0.3 is 0 Å². The van der Waals surface area contributed by atoms with Gasteiger partial charge in [0.15, 0.2) is 0 Å². The highest BCUT2D eigenvalue weighted by molar-refractivity contribution is 9.10. The number of amides is 1. The maximum atomic E-state index is 12.1. The maximum Gasteiger partial charge on any atom is 0.251 e. The largest absolute Gasteiger partial charge is 0.352 e. The minimum Gasteiger partial charge on any atom is -0.352 e. The summed E-state index contributed by atoms with van der Waals surface area (Å²) < 4.78 is 2.73. The average molecular weight is 379 g/mol. The molecule has 0 unspecified atom stereocenters. The first kappa shape index (κ1) is 15.1. The van der Waals surface area contributed by atoms with Crippen molar-refractivity contribution in [1.29, 1.82) is 0 Å². The molecule has 1 amide bonds. The number of fused-ring (bicyclic) bond motifs is 1. The van der Waals surface area contributed by atoms with Gasteiger partial charge in [-0.15, -0.1) is 0 Å². The van der Waals surface area contributed by atoms with Gasteiger partial charge in [-0.25, -0.2) is 4.98 Å². The Bertz CT molecular complexity index is 831. The molecular formula is C16H13BrClN3O. The van der Waals surface area contributed by atoms with E-state index in [1.165, 1.54) is 0 Å². The summed E-state index contributed by atoms with van der Waals surface area (Å²) in [6.07, 6.45) is 4.46. The second kappa shape index (κ2) is 6.50. The lowest BCUT2D eigenvalue weighted by Gasteiger charge is -2.06. The number of hydrogen-bond donors (Lipinski definition) is 1. The van der Waals surface area contributed by atoms with Gasteiger partial charge in [0.25, 0.3) is 5.91 Å². The minimum absolute atomic E-state index is 0.127. The van der Waals surface area contributed by atoms with Gasteiger partial charge in [0.05, 0.1) is 16.7 Å². The van der Waals surface area contributed by atoms with Crippen LogP contribution in [0.1, 0.15) is 16.2 Å². The molecule has 6 heteroatoms. The van der Waals surface area contributed by atoms with Crippen molar-refractivity contribution in [2.24, 2.45) is 0 Å². The van der Waals surface area contributed by atoms with E-state index in [0.717, 1.165) is 11.3 Å². The number of imidazole rings is 1. The predicted molar refractivity (Wildman–Crippen MR) is 90.4 cm³/mol. The fourth-order valence-corrected chi connectivity index (χ4v) is 2.71. The van der Waals surface area contributed by atoms with Crippen molar-refractivity contribution in [1.82, 2.24) is 14.7 Å². The number of rotatable bonds is 4. The van der Waals surface area contributed by atoms with E-state index in [1.807, 2.05) is 35.0 Å². The van der Waals surface area contributed by atoms with Gasteiger partial charge in [0.2, 0.25) is 0 Å². The summed E-state index contributed by atoms with van der Waals surface area (Å²) in [5.74, 6) is 0.798. The van der Waals surface area contributed by atoms with E-state index in [2.05, 4.69) is 26.2 Å². The summed E-state index contributed by atoms with van der Waals surface area (Å²) in [4.78, 5) is 16.5. The zero-order valence-corrected chi connectivity index (χ0v) is 13.9. The van der Waals surface area contributed by atoms with Crippen LogP contribution in [-0.2, 0) is 6.42 Å². The van der Waals surface area contributed by atoms with E-state index < -0.39 is 0 Å². The molecule has 0 saturated carbocycles. The zero-order valence-electron chi connectivity index (χ0n) is 11.6. The first-order valence-corrected chi connectivity index (χ1v) is 7.96. The minimum atomic E-state index is -0.127. The first-order chi connectivity index (χ1) is 10.6. The van der Waals surface area contributed by atoms with E-state index >= 15 is 0 Å². The van der Waals surface area contributed by atoms with Gasteiger partial charge in [0.1, 0.15) is 5.82 Å². The molecule has 3 rings (SSSR count). The van der Waals surface area contributed by atoms with Crippen LogP contribution in [0.3, 0.4) is 0 Å². The fourth-order valence-electron chi connectivity index (χ4n) is 2.21. The summed E-state index contributed by atoms with van der Waals surface area (Å²) in [7, 11) is 0. The molecule has 3 aromatic rings. The highest BCUT2D eigenvalue weighted by Crippen LogP contribution is 2.23. The van der Waals surface area contributed by atoms with Gasteiger partial charge < -0.3 is 9.72 Å². The lowest BCUT2D eigenvalue weighted by molar-refractivity contribution is 0.0954. The van der Waals surface area contributed by atoms with Crippen LogP contribution in [-0.4, -0.2) is 21.8 Å². The smallest absolute Gasteiger partial charge is 0.251 e. The Morgan fingerprint density at radius 2 is 2.18 bits per heavy atom. The zero-order chi connectivity index (χ0) is 15.5. The second-order valence-electron chi connectivity index (χ2n) is 4.80. The quantitative estimate of drug-likeness (QED) is 0.752. The number of aromatic nitrogens is 2. The van der Waals surface area contributed by atoms with Gasteiger partial charge in [-0.3, -0.25) is 4.79 Å². The first-order valence-electron chi connectivity index (χ1n) is 6.79. The summed E-state index contributed by atoms with van der Waals surface area (Å²) in [5.41, 5.74) is 1.62. The Kier molecular flexibility index (Phi) is 4.45. The van der Waals surface area contributed by atoms with E-state index in [1.54, 1.807) is 18.2 Å². The Morgan fingerprint density at radius 3 is 3.00 bits per heavy atom. The van der Waals surface area contributed by atoms with Gasteiger partial charge in [0, 0.05) is 29.2 Å². The third-order valence-electron chi connectivity index (χ3n) is 3.33. The van der Waals surface area contributed by atoms with Crippen LogP contribution >= 0.6 is 27.5 Å². The number of nitrogens with one attached hydrogen (secondary N) is 1. The topological polar surface area (TPSA) is 46.4 Å². The van der Waals surface area contributed by atoms with Gasteiger partial charge in [-0.2, -0.15) is 0 Å². The normalized spacial score (nSPS) is 10.8. The molecule has 0 bridgehead atoms. The van der Waals surface area contributed by atoms with E-state index in [9.17, 15) is 4.79 Å². The molecular weight excluding hydrogens is 366 g/mol. The average Bonchev–Trinajstić information content (AvgIpc) is 2.93. The molecule has 0 saturated heterocycles. The summed E-state index contributed by atoms with van der Waals surface area (Å²) >= 11 is 9.24. The van der Waals surface area contributed by atoms with Crippen LogP contribution in [0, 0.1) is 0 Å². The Morgan fingerprint density at radius 1 is 1.32 bits per heavy atom. The van der Waals surface area contributed by atoms with Crippen molar-refractivity contribution in [3.63, 3.8) is 0 Å². The number of benzene rings is 1. The lowest BCUT2D eigenvalue weighted by Crippen LogP contribution is -2.26. The van der Waals surface area contributed by atoms with Crippen molar-refractivity contribution in [3.8, 4) is 0 Å². The molecule has 0 atom stereocenters. The van der Waals surface area contributed by atoms with Gasteiger partial charge in [-0.1, -0.05) is 17.7 Å². The molecule has 0 aliphatic rings. The molecule has 1 aromatic carbocycles. The monoisotopic (exact) mass is 377 g/mol. The Labute approximate surface area is 141 Å². The van der Waals surface area contributed by atoms with Crippen molar-refractivity contribution in [2.75, 3.05) is 6.54 Å². The fraction of sp³-hybridized carbons (Fsp3) is 0.125. The standard InChI is InChI=1S/C16H13BrClN3O/c17-13-9-11(4-5-14(13)18)16(22)19-7-6-15-20-10-12-3-1-2-8-21(12)15/h1-5,8-10H,6-7H2,(H,19,22). The third-order valence-corrected chi connectivity index (χ3v) is 4.55. The van der Waals surface area contributed by atoms with Crippen LogP contribution in [0.4, 0.5) is 0 Å². The number of carbonyl (C=O) groups is 1. The number of pyridine rings is 1. The molecule has 2 aromatic heterocycles. The molecule has 4 nitrogen and oxygen atoms in total. The molecule has 0 spiro atoms. The molecule has 22 heavy (non-hydrogen) atoms. The van der Waals surface area contributed by atoms with Crippen molar-refractivity contribution < 1.29 is 4.79 Å². The molecule has 0 fully saturated rings. The van der Waals surface area contributed by atoms with E-state index in [4.69, 9.17) is 11.6 Å². The van der Waals surface area contributed by atoms with Crippen molar-refractivity contribution in [2.45, 2.75) is 6.42 Å². The lowest BCUT2D eigenvalue weighted by atomic mass is 10.2. The van der Waals surface area contributed by atoms with Crippen LogP contribution in [0.15, 0.2) is 53.3 Å². The molecule has 112 valence electrons. The molecule has 0 aliphatic carbocycles. The summed E-state index contributed by atoms with van der Waals surface area (Å²) in [6, 6.07) is 11.0. The number of halogens is 2. The SMILES string of the molecule is O=C(NCCc1ncc2ccccn12)c1ccc(Cl)c(Br)c1. The van der Waals surface area contributed by atoms with Crippen LogP contribution in [0.2, 0.25) is 5.02 Å². The number of nitrogens with zero attached hydrogens (tertiary/aromatic N) is 2. The highest BCUT2D eigenvalue weighted by atomic mass is 79.9. The number of hydrogen-bond acceptors (Lipinski definition) is 2. The predicted octanol–water partition coefficient (Wildman–Crippen LogP) is 3.72. The van der Waals surface area contributed by atoms with E-state index in [0.29, 0.717) is 28.0 Å². The molecule has 2 heterocycles. The Hall–Kier alpha value is -1.85. The van der Waals surface area contributed by atoms with Crippen molar-refractivity contribution in [3.05, 3.63) is 69.7 Å². The van der Waals surface area contributed by atoms with Gasteiger partial charge in [-0.05, 0) is 46.3 Å². The maximum absolute atomic E-state index is 12.1. The van der Waals surface area contributed by atoms with E-state index in [-0.39, 0.29) is 5.91 Å².